The van der Waals surface area contributed by atoms with Gasteiger partial charge in [0.2, 0.25) is 0 Å². The topological polar surface area (TPSA) is 67.8 Å². The lowest BCUT2D eigenvalue weighted by Gasteiger charge is -2.14. The Morgan fingerprint density at radius 2 is 2.22 bits per heavy atom. The first-order chi connectivity index (χ1) is 8.65. The fraction of sp³-hybridized carbons (Fsp3) is 0.417. The van der Waals surface area contributed by atoms with E-state index in [0.29, 0.717) is 25.4 Å². The minimum Gasteiger partial charge on any atom is -0.505 e. The summed E-state index contributed by atoms with van der Waals surface area (Å²) in [7, 11) is 1.65. The minimum absolute atomic E-state index is 0.0775. The van der Waals surface area contributed by atoms with Crippen LogP contribution < -0.4 is 14.8 Å². The quantitative estimate of drug-likeness (QED) is 0.818. The molecule has 98 valence electrons. The molecule has 1 heterocycles. The second-order valence-corrected chi connectivity index (χ2v) is 4.32. The number of likely N-dealkylation sites (N-methyl/N-ethyl adjacent to an activating group) is 1. The molecule has 1 aliphatic heterocycles. The van der Waals surface area contributed by atoms with Gasteiger partial charge in [-0.15, -0.1) is 0 Å². The Labute approximate surface area is 110 Å². The maximum atomic E-state index is 12.0. The molecule has 2 N–H and O–H groups in total. The lowest BCUT2D eigenvalue weighted by molar-refractivity contribution is 0.0987. The van der Waals surface area contributed by atoms with E-state index in [4.69, 9.17) is 21.1 Å². The first kappa shape index (κ1) is 13.0. The van der Waals surface area contributed by atoms with Gasteiger partial charge in [0.05, 0.1) is 24.8 Å². The number of ketones is 1. The molecule has 6 heteroatoms. The number of carbonyl (C=O) groups excluding carboxylic acids is 1. The van der Waals surface area contributed by atoms with Crippen molar-refractivity contribution in [2.75, 3.05) is 26.8 Å². The van der Waals surface area contributed by atoms with Gasteiger partial charge in [-0.3, -0.25) is 4.79 Å². The molecular weight excluding hydrogens is 258 g/mol. The summed E-state index contributed by atoms with van der Waals surface area (Å²) >= 11 is 5.89. The van der Waals surface area contributed by atoms with Crippen LogP contribution in [0, 0.1) is 0 Å². The Morgan fingerprint density at radius 3 is 2.94 bits per heavy atom. The van der Waals surface area contributed by atoms with E-state index in [2.05, 4.69) is 5.32 Å². The van der Waals surface area contributed by atoms with Crippen molar-refractivity contribution in [1.29, 1.82) is 0 Å². The number of fused-ring (bicyclic) bond motifs is 1. The number of ether oxygens (including phenoxy) is 2. The Bertz CT molecular complexity index is 476. The van der Waals surface area contributed by atoms with Crippen molar-refractivity contribution in [1.82, 2.24) is 5.32 Å². The lowest BCUT2D eigenvalue weighted by Crippen LogP contribution is -2.19. The number of Topliss-reactive ketones (excluding diaryl/α,β-unsaturated/α-hetero) is 1. The Morgan fingerprint density at radius 1 is 1.50 bits per heavy atom. The zero-order valence-electron chi connectivity index (χ0n) is 9.96. The van der Waals surface area contributed by atoms with E-state index in [-0.39, 0.29) is 34.4 Å². The molecule has 0 spiro atoms. The summed E-state index contributed by atoms with van der Waals surface area (Å²) in [6, 6.07) is 1.47. The fourth-order valence-corrected chi connectivity index (χ4v) is 1.97. The van der Waals surface area contributed by atoms with Crippen LogP contribution in [0.25, 0.3) is 0 Å². The molecule has 0 saturated carbocycles. The molecule has 18 heavy (non-hydrogen) atoms. The highest BCUT2D eigenvalue weighted by Gasteiger charge is 2.25. The van der Waals surface area contributed by atoms with Gasteiger partial charge in [0.1, 0.15) is 11.3 Å². The van der Waals surface area contributed by atoms with E-state index in [1.807, 2.05) is 0 Å². The van der Waals surface area contributed by atoms with Crippen LogP contribution in [0.1, 0.15) is 16.8 Å². The van der Waals surface area contributed by atoms with Crippen molar-refractivity contribution < 1.29 is 19.4 Å². The molecule has 5 nitrogen and oxygen atoms in total. The highest BCUT2D eigenvalue weighted by molar-refractivity contribution is 6.33. The monoisotopic (exact) mass is 271 g/mol. The van der Waals surface area contributed by atoms with Gasteiger partial charge in [0.15, 0.2) is 17.3 Å². The summed E-state index contributed by atoms with van der Waals surface area (Å²) in [6.07, 6.45) is 0.715. The van der Waals surface area contributed by atoms with Gasteiger partial charge in [0.25, 0.3) is 0 Å². The molecule has 1 aromatic carbocycles. The number of hydrogen-bond donors (Lipinski definition) is 2. The number of aromatic hydroxyl groups is 1. The second kappa shape index (κ2) is 5.46. The third-order valence-corrected chi connectivity index (χ3v) is 2.87. The molecule has 0 unspecified atom stereocenters. The number of hydrogen-bond acceptors (Lipinski definition) is 5. The zero-order valence-corrected chi connectivity index (χ0v) is 10.7. The Kier molecular flexibility index (Phi) is 3.93. The van der Waals surface area contributed by atoms with Crippen LogP contribution in [0.4, 0.5) is 0 Å². The summed E-state index contributed by atoms with van der Waals surface area (Å²) in [5.41, 5.74) is 0.0775. The molecule has 0 aliphatic carbocycles. The first-order valence-corrected chi connectivity index (χ1v) is 6.01. The second-order valence-electron chi connectivity index (χ2n) is 3.91. The summed E-state index contributed by atoms with van der Waals surface area (Å²) in [5.74, 6) is 0.116. The summed E-state index contributed by atoms with van der Waals surface area (Å²) < 4.78 is 11.0. The smallest absolute Gasteiger partial charge is 0.184 e. The average molecular weight is 272 g/mol. The van der Waals surface area contributed by atoms with Crippen LogP contribution in [-0.2, 0) is 0 Å². The van der Waals surface area contributed by atoms with Crippen LogP contribution in [0.15, 0.2) is 6.07 Å². The summed E-state index contributed by atoms with van der Waals surface area (Å²) in [4.78, 5) is 12.0. The van der Waals surface area contributed by atoms with Gasteiger partial charge in [-0.05, 0) is 7.05 Å². The highest BCUT2D eigenvalue weighted by atomic mass is 35.5. The molecular formula is C12H14ClNO4. The number of nitrogens with one attached hydrogen (secondary N) is 1. The molecule has 0 saturated heterocycles. The van der Waals surface area contributed by atoms with Crippen LogP contribution in [-0.4, -0.2) is 37.7 Å². The standard InChI is InChI=1S/C12H14ClNO4/c1-14-6-8(15)10-11(16)7(13)5-9-12(10)18-4-2-3-17-9/h5,14,16H,2-4,6H2,1H3. The molecule has 2 rings (SSSR count). The average Bonchev–Trinajstić information content (AvgIpc) is 2.56. The molecule has 0 bridgehead atoms. The van der Waals surface area contributed by atoms with E-state index in [9.17, 15) is 9.90 Å². The minimum atomic E-state index is -0.292. The van der Waals surface area contributed by atoms with Crippen molar-refractivity contribution >= 4 is 17.4 Å². The van der Waals surface area contributed by atoms with Crippen LogP contribution in [0.2, 0.25) is 5.02 Å². The maximum absolute atomic E-state index is 12.0. The molecule has 0 aromatic heterocycles. The van der Waals surface area contributed by atoms with Crippen molar-refractivity contribution in [3.63, 3.8) is 0 Å². The maximum Gasteiger partial charge on any atom is 0.184 e. The van der Waals surface area contributed by atoms with Crippen LogP contribution >= 0.6 is 11.6 Å². The number of phenolic OH excluding ortho intramolecular Hbond substituents is 1. The molecule has 0 amide bonds. The van der Waals surface area contributed by atoms with E-state index < -0.39 is 0 Å². The largest absolute Gasteiger partial charge is 0.505 e. The molecule has 0 radical (unpaired) electrons. The van der Waals surface area contributed by atoms with Gasteiger partial charge >= 0.3 is 0 Å². The third-order valence-electron chi connectivity index (χ3n) is 2.58. The SMILES string of the molecule is CNCC(=O)c1c(O)c(Cl)cc2c1OCCCO2. The lowest BCUT2D eigenvalue weighted by atomic mass is 10.1. The van der Waals surface area contributed by atoms with Gasteiger partial charge in [-0.1, -0.05) is 11.6 Å². The third kappa shape index (κ3) is 2.37. The summed E-state index contributed by atoms with van der Waals surface area (Å²) in [5, 5.41) is 12.7. The first-order valence-electron chi connectivity index (χ1n) is 5.64. The normalized spacial score (nSPS) is 14.1. The summed E-state index contributed by atoms with van der Waals surface area (Å²) in [6.45, 7) is 1.02. The number of phenols is 1. The van der Waals surface area contributed by atoms with Crippen molar-refractivity contribution in [2.24, 2.45) is 0 Å². The Hall–Kier alpha value is -1.46. The van der Waals surface area contributed by atoms with Gasteiger partial charge in [0, 0.05) is 12.5 Å². The Balaban J connectivity index is 2.54. The van der Waals surface area contributed by atoms with E-state index >= 15 is 0 Å². The van der Waals surface area contributed by atoms with E-state index in [0.717, 1.165) is 0 Å². The van der Waals surface area contributed by atoms with Gasteiger partial charge in [-0.2, -0.15) is 0 Å². The number of rotatable bonds is 3. The molecule has 0 atom stereocenters. The number of halogens is 1. The predicted molar refractivity (Wildman–Crippen MR) is 67.0 cm³/mol. The number of benzene rings is 1. The van der Waals surface area contributed by atoms with E-state index in [1.54, 1.807) is 7.05 Å². The predicted octanol–water partition coefficient (Wildman–Crippen LogP) is 1.61. The van der Waals surface area contributed by atoms with Crippen molar-refractivity contribution in [3.05, 3.63) is 16.7 Å². The van der Waals surface area contributed by atoms with Gasteiger partial charge in [-0.25, -0.2) is 0 Å². The zero-order chi connectivity index (χ0) is 13.1. The number of carbonyl (C=O) groups is 1. The van der Waals surface area contributed by atoms with Crippen LogP contribution in [0.5, 0.6) is 17.2 Å². The molecule has 1 aromatic rings. The molecule has 1 aliphatic rings. The van der Waals surface area contributed by atoms with Crippen LogP contribution in [0.3, 0.4) is 0 Å². The van der Waals surface area contributed by atoms with Gasteiger partial charge < -0.3 is 19.9 Å². The molecule has 0 fully saturated rings. The van der Waals surface area contributed by atoms with Crippen molar-refractivity contribution in [2.45, 2.75) is 6.42 Å². The van der Waals surface area contributed by atoms with Crippen molar-refractivity contribution in [3.8, 4) is 17.2 Å². The highest BCUT2D eigenvalue weighted by Crippen LogP contribution is 2.43. The van der Waals surface area contributed by atoms with E-state index in [1.165, 1.54) is 6.07 Å². The fourth-order valence-electron chi connectivity index (χ4n) is 1.77.